The van der Waals surface area contributed by atoms with Crippen molar-refractivity contribution in [3.05, 3.63) is 0 Å². The van der Waals surface area contributed by atoms with Crippen LogP contribution in [0, 0.1) is 0 Å². The Morgan fingerprint density at radius 2 is 1.53 bits per heavy atom. The van der Waals surface area contributed by atoms with Gasteiger partial charge in [0.1, 0.15) is 12.1 Å². The molecule has 0 spiro atoms. The number of hydrogen-bond donors (Lipinski definition) is 1. The Kier molecular flexibility index (Phi) is 4.37. The summed E-state index contributed by atoms with van der Waals surface area (Å²) < 4.78 is 37.4. The fourth-order valence-corrected chi connectivity index (χ4v) is 1.88. The summed E-state index contributed by atoms with van der Waals surface area (Å²) >= 11 is 0. The van der Waals surface area contributed by atoms with Crippen LogP contribution in [-0.4, -0.2) is 65.3 Å². The summed E-state index contributed by atoms with van der Waals surface area (Å²) in [5, 5.41) is 8.80. The zero-order chi connectivity index (χ0) is 13.2. The molecule has 0 amide bonds. The van der Waals surface area contributed by atoms with Crippen molar-refractivity contribution >= 4 is 5.97 Å². The summed E-state index contributed by atoms with van der Waals surface area (Å²) in [6.45, 7) is 3.89. The molecular formula is C10H17F3N2O2. The minimum atomic E-state index is -4.22. The van der Waals surface area contributed by atoms with Crippen LogP contribution in [0.1, 0.15) is 13.8 Å². The molecule has 1 aliphatic heterocycles. The Hall–Kier alpha value is -0.820. The topological polar surface area (TPSA) is 43.8 Å². The number of alkyl halides is 3. The Labute approximate surface area is 98.0 Å². The van der Waals surface area contributed by atoms with Crippen molar-refractivity contribution in [3.63, 3.8) is 0 Å². The number of piperazine rings is 1. The molecule has 1 saturated heterocycles. The van der Waals surface area contributed by atoms with Gasteiger partial charge < -0.3 is 5.11 Å². The van der Waals surface area contributed by atoms with Gasteiger partial charge in [0.15, 0.2) is 0 Å². The molecule has 0 aromatic rings. The Balaban J connectivity index is 2.49. The number of carbonyl (C=O) groups is 1. The van der Waals surface area contributed by atoms with E-state index in [2.05, 4.69) is 0 Å². The lowest BCUT2D eigenvalue weighted by Gasteiger charge is -2.39. The molecular weight excluding hydrogens is 237 g/mol. The average Bonchev–Trinajstić information content (AvgIpc) is 2.26. The number of carboxylic acid groups (broad SMARTS) is 1. The van der Waals surface area contributed by atoms with Crippen molar-refractivity contribution in [1.29, 1.82) is 0 Å². The number of nitrogens with zero attached hydrogens (tertiary/aromatic N) is 2. The molecule has 1 N–H and O–H groups in total. The number of aliphatic carboxylic acids is 1. The average molecular weight is 254 g/mol. The van der Waals surface area contributed by atoms with Crippen molar-refractivity contribution in [2.24, 2.45) is 0 Å². The standard InChI is InChI=1S/C10H17F3N2O2/c1-7(9(16)17)14-3-5-15(6-4-14)8(2)10(11,12)13/h7-8H,3-6H2,1-2H3,(H,16,17). The molecule has 0 aliphatic carbocycles. The molecule has 0 radical (unpaired) electrons. The first-order chi connectivity index (χ1) is 7.73. The minimum Gasteiger partial charge on any atom is -0.480 e. The van der Waals surface area contributed by atoms with E-state index in [1.54, 1.807) is 11.8 Å². The Morgan fingerprint density at radius 1 is 1.12 bits per heavy atom. The van der Waals surface area contributed by atoms with E-state index < -0.39 is 24.2 Å². The lowest BCUT2D eigenvalue weighted by Crippen LogP contribution is -2.56. The Bertz CT molecular complexity index is 275. The molecule has 0 bridgehead atoms. The highest BCUT2D eigenvalue weighted by molar-refractivity contribution is 5.72. The van der Waals surface area contributed by atoms with Crippen LogP contribution in [0.4, 0.5) is 13.2 Å². The first-order valence-electron chi connectivity index (χ1n) is 5.51. The van der Waals surface area contributed by atoms with Gasteiger partial charge in [0.25, 0.3) is 0 Å². The molecule has 0 aromatic heterocycles. The van der Waals surface area contributed by atoms with Gasteiger partial charge >= 0.3 is 12.1 Å². The van der Waals surface area contributed by atoms with Crippen LogP contribution in [0.15, 0.2) is 0 Å². The van der Waals surface area contributed by atoms with E-state index in [4.69, 9.17) is 5.11 Å². The van der Waals surface area contributed by atoms with Crippen molar-refractivity contribution in [2.45, 2.75) is 32.1 Å². The van der Waals surface area contributed by atoms with E-state index >= 15 is 0 Å². The van der Waals surface area contributed by atoms with Crippen LogP contribution in [0.5, 0.6) is 0 Å². The zero-order valence-electron chi connectivity index (χ0n) is 9.87. The number of carboxylic acids is 1. The summed E-state index contributed by atoms with van der Waals surface area (Å²) in [7, 11) is 0. The smallest absolute Gasteiger partial charge is 0.403 e. The molecule has 0 saturated carbocycles. The third-order valence-electron chi connectivity index (χ3n) is 3.28. The van der Waals surface area contributed by atoms with Crippen LogP contribution in [-0.2, 0) is 4.79 Å². The van der Waals surface area contributed by atoms with Crippen LogP contribution in [0.3, 0.4) is 0 Å². The summed E-state index contributed by atoms with van der Waals surface area (Å²) in [4.78, 5) is 13.8. The zero-order valence-corrected chi connectivity index (χ0v) is 9.87. The number of hydrogen-bond acceptors (Lipinski definition) is 3. The van der Waals surface area contributed by atoms with Gasteiger partial charge in [0.05, 0.1) is 0 Å². The normalized spacial score (nSPS) is 23.4. The molecule has 100 valence electrons. The second-order valence-electron chi connectivity index (χ2n) is 4.30. The van der Waals surface area contributed by atoms with E-state index in [0.29, 0.717) is 13.1 Å². The van der Waals surface area contributed by atoms with Crippen LogP contribution in [0.2, 0.25) is 0 Å². The van der Waals surface area contributed by atoms with E-state index in [9.17, 15) is 18.0 Å². The number of rotatable bonds is 3. The number of halogens is 3. The molecule has 1 aliphatic rings. The van der Waals surface area contributed by atoms with Gasteiger partial charge in [0, 0.05) is 26.2 Å². The van der Waals surface area contributed by atoms with Gasteiger partial charge in [-0.05, 0) is 13.8 Å². The van der Waals surface area contributed by atoms with Crippen LogP contribution >= 0.6 is 0 Å². The van der Waals surface area contributed by atoms with Crippen molar-refractivity contribution in [1.82, 2.24) is 9.80 Å². The monoisotopic (exact) mass is 254 g/mol. The van der Waals surface area contributed by atoms with E-state index in [1.807, 2.05) is 0 Å². The van der Waals surface area contributed by atoms with Crippen molar-refractivity contribution in [3.8, 4) is 0 Å². The van der Waals surface area contributed by atoms with Gasteiger partial charge in [-0.2, -0.15) is 13.2 Å². The third kappa shape index (κ3) is 3.57. The second-order valence-corrected chi connectivity index (χ2v) is 4.30. The molecule has 1 fully saturated rings. The van der Waals surface area contributed by atoms with E-state index in [1.165, 1.54) is 4.90 Å². The van der Waals surface area contributed by atoms with Crippen molar-refractivity contribution < 1.29 is 23.1 Å². The molecule has 4 nitrogen and oxygen atoms in total. The fourth-order valence-electron chi connectivity index (χ4n) is 1.88. The van der Waals surface area contributed by atoms with Crippen LogP contribution in [0.25, 0.3) is 0 Å². The minimum absolute atomic E-state index is 0.248. The predicted molar refractivity (Wildman–Crippen MR) is 55.8 cm³/mol. The SMILES string of the molecule is CC(C(=O)O)N1CCN(C(C)C(F)(F)F)CC1. The highest BCUT2D eigenvalue weighted by Gasteiger charge is 2.41. The lowest BCUT2D eigenvalue weighted by atomic mass is 10.2. The highest BCUT2D eigenvalue weighted by Crippen LogP contribution is 2.25. The van der Waals surface area contributed by atoms with E-state index in [-0.39, 0.29) is 13.1 Å². The first-order valence-corrected chi connectivity index (χ1v) is 5.51. The summed E-state index contributed by atoms with van der Waals surface area (Å²) in [6.07, 6.45) is -4.22. The maximum absolute atomic E-state index is 12.5. The third-order valence-corrected chi connectivity index (χ3v) is 3.28. The van der Waals surface area contributed by atoms with Crippen LogP contribution < -0.4 is 0 Å². The molecule has 17 heavy (non-hydrogen) atoms. The predicted octanol–water partition coefficient (Wildman–Crippen LogP) is 1.03. The van der Waals surface area contributed by atoms with E-state index in [0.717, 1.165) is 6.92 Å². The molecule has 2 unspecified atom stereocenters. The van der Waals surface area contributed by atoms with Gasteiger partial charge in [-0.25, -0.2) is 0 Å². The Morgan fingerprint density at radius 3 is 1.88 bits per heavy atom. The molecule has 1 heterocycles. The largest absolute Gasteiger partial charge is 0.480 e. The molecule has 1 rings (SSSR count). The van der Waals surface area contributed by atoms with Gasteiger partial charge in [-0.3, -0.25) is 14.6 Å². The second kappa shape index (κ2) is 5.22. The van der Waals surface area contributed by atoms with Gasteiger partial charge in [0.2, 0.25) is 0 Å². The summed E-state index contributed by atoms with van der Waals surface area (Å²) in [5.74, 6) is -0.942. The molecule has 2 atom stereocenters. The lowest BCUT2D eigenvalue weighted by molar-refractivity contribution is -0.183. The quantitative estimate of drug-likeness (QED) is 0.817. The molecule has 0 aromatic carbocycles. The summed E-state index contributed by atoms with van der Waals surface area (Å²) in [5.41, 5.74) is 0. The fraction of sp³-hybridized carbons (Fsp3) is 0.900. The van der Waals surface area contributed by atoms with Gasteiger partial charge in [-0.1, -0.05) is 0 Å². The van der Waals surface area contributed by atoms with Crippen molar-refractivity contribution in [2.75, 3.05) is 26.2 Å². The molecule has 7 heteroatoms. The maximum Gasteiger partial charge on any atom is 0.403 e. The first kappa shape index (κ1) is 14.2. The maximum atomic E-state index is 12.5. The summed E-state index contributed by atoms with van der Waals surface area (Å²) in [6, 6.07) is -2.11. The highest BCUT2D eigenvalue weighted by atomic mass is 19.4. The van der Waals surface area contributed by atoms with Gasteiger partial charge in [-0.15, -0.1) is 0 Å².